The topological polar surface area (TPSA) is 35.5 Å². The van der Waals surface area contributed by atoms with Gasteiger partial charge in [-0.15, -0.1) is 0 Å². The van der Waals surface area contributed by atoms with Crippen molar-refractivity contribution < 1.29 is 18.7 Å². The van der Waals surface area contributed by atoms with Crippen LogP contribution < -0.4 is 4.74 Å². The summed E-state index contributed by atoms with van der Waals surface area (Å²) in [5.41, 5.74) is 1.04. The molecule has 0 bridgehead atoms. The number of rotatable bonds is 6. The molecule has 0 aliphatic rings. The van der Waals surface area contributed by atoms with Crippen molar-refractivity contribution in [1.29, 1.82) is 0 Å². The van der Waals surface area contributed by atoms with E-state index in [2.05, 4.69) is 0 Å². The first-order valence-electron chi connectivity index (χ1n) is 5.52. The van der Waals surface area contributed by atoms with Crippen LogP contribution in [0.15, 0.2) is 12.1 Å². The zero-order chi connectivity index (χ0) is 12.8. The normalized spacial score (nSPS) is 10.4. The number of hydrogen-bond donors (Lipinski definition) is 0. The first kappa shape index (κ1) is 13.6. The summed E-state index contributed by atoms with van der Waals surface area (Å²) in [6.07, 6.45) is 1.62. The standard InChI is InChI=1S/C13H17FO3/c1-4-5-9-6-10(12(15)8-16-2)13(17-3)11(14)7-9/h6-7H,4-5,8H2,1-3H3. The number of Topliss-reactive ketones (excluding diaryl/α,β-unsaturated/α-hetero) is 1. The van der Waals surface area contributed by atoms with Gasteiger partial charge in [0.1, 0.15) is 6.61 Å². The van der Waals surface area contributed by atoms with Crippen molar-refractivity contribution in [3.05, 3.63) is 29.1 Å². The molecule has 94 valence electrons. The second kappa shape index (κ2) is 6.35. The van der Waals surface area contributed by atoms with Crippen molar-refractivity contribution in [1.82, 2.24) is 0 Å². The molecule has 0 aromatic heterocycles. The molecule has 0 N–H and O–H groups in total. The predicted octanol–water partition coefficient (Wildman–Crippen LogP) is 2.62. The Balaban J connectivity index is 3.18. The summed E-state index contributed by atoms with van der Waals surface area (Å²) in [5, 5.41) is 0. The molecule has 0 heterocycles. The molecule has 4 heteroatoms. The summed E-state index contributed by atoms with van der Waals surface area (Å²) >= 11 is 0. The van der Waals surface area contributed by atoms with Crippen LogP contribution in [0.4, 0.5) is 4.39 Å². The van der Waals surface area contributed by atoms with E-state index < -0.39 is 5.82 Å². The molecule has 1 aromatic carbocycles. The molecule has 0 saturated carbocycles. The third-order valence-electron chi connectivity index (χ3n) is 2.42. The highest BCUT2D eigenvalue weighted by Gasteiger charge is 2.17. The highest BCUT2D eigenvalue weighted by molar-refractivity contribution is 5.99. The second-order valence-corrected chi connectivity index (χ2v) is 3.76. The van der Waals surface area contributed by atoms with Crippen LogP contribution in [-0.4, -0.2) is 26.6 Å². The zero-order valence-corrected chi connectivity index (χ0v) is 10.4. The molecule has 1 rings (SSSR count). The van der Waals surface area contributed by atoms with Crippen LogP contribution in [0.5, 0.6) is 5.75 Å². The molecule has 0 unspecified atom stereocenters. The van der Waals surface area contributed by atoms with Crippen molar-refractivity contribution in [2.75, 3.05) is 20.8 Å². The van der Waals surface area contributed by atoms with Crippen molar-refractivity contribution in [3.8, 4) is 5.75 Å². The minimum Gasteiger partial charge on any atom is -0.493 e. The highest BCUT2D eigenvalue weighted by atomic mass is 19.1. The quantitative estimate of drug-likeness (QED) is 0.717. The maximum Gasteiger partial charge on any atom is 0.192 e. The average Bonchev–Trinajstić information content (AvgIpc) is 2.29. The van der Waals surface area contributed by atoms with Crippen LogP contribution in [0.1, 0.15) is 29.3 Å². The summed E-state index contributed by atoms with van der Waals surface area (Å²) in [7, 11) is 2.78. The van der Waals surface area contributed by atoms with E-state index in [9.17, 15) is 9.18 Å². The van der Waals surface area contributed by atoms with Crippen molar-refractivity contribution in [2.24, 2.45) is 0 Å². The Morgan fingerprint density at radius 2 is 2.06 bits per heavy atom. The van der Waals surface area contributed by atoms with Gasteiger partial charge in [0.15, 0.2) is 17.3 Å². The van der Waals surface area contributed by atoms with E-state index in [1.54, 1.807) is 6.07 Å². The van der Waals surface area contributed by atoms with Crippen molar-refractivity contribution in [2.45, 2.75) is 19.8 Å². The molecule has 0 fully saturated rings. The van der Waals surface area contributed by atoms with Gasteiger partial charge in [-0.05, 0) is 24.1 Å². The van der Waals surface area contributed by atoms with E-state index in [4.69, 9.17) is 9.47 Å². The van der Waals surface area contributed by atoms with Gasteiger partial charge in [-0.25, -0.2) is 4.39 Å². The van der Waals surface area contributed by atoms with E-state index in [0.29, 0.717) is 0 Å². The van der Waals surface area contributed by atoms with Crippen LogP contribution in [0.3, 0.4) is 0 Å². The van der Waals surface area contributed by atoms with Crippen LogP contribution >= 0.6 is 0 Å². The maximum atomic E-state index is 13.7. The van der Waals surface area contributed by atoms with Gasteiger partial charge < -0.3 is 9.47 Å². The van der Waals surface area contributed by atoms with Gasteiger partial charge >= 0.3 is 0 Å². The predicted molar refractivity (Wildman–Crippen MR) is 63.2 cm³/mol. The summed E-state index contributed by atoms with van der Waals surface area (Å²) < 4.78 is 23.4. The fraction of sp³-hybridized carbons (Fsp3) is 0.462. The van der Waals surface area contributed by atoms with Gasteiger partial charge in [-0.3, -0.25) is 4.79 Å². The lowest BCUT2D eigenvalue weighted by Crippen LogP contribution is -2.10. The first-order valence-corrected chi connectivity index (χ1v) is 5.52. The molecule has 0 aliphatic carbocycles. The lowest BCUT2D eigenvalue weighted by atomic mass is 10.0. The van der Waals surface area contributed by atoms with Crippen LogP contribution in [-0.2, 0) is 11.2 Å². The Labute approximate surface area is 101 Å². The fourth-order valence-electron chi connectivity index (χ4n) is 1.71. The summed E-state index contributed by atoms with van der Waals surface area (Å²) in [4.78, 5) is 11.8. The number of halogens is 1. The molecule has 0 atom stereocenters. The van der Waals surface area contributed by atoms with E-state index in [1.165, 1.54) is 20.3 Å². The number of ketones is 1. The molecule has 1 aromatic rings. The van der Waals surface area contributed by atoms with E-state index in [-0.39, 0.29) is 23.7 Å². The van der Waals surface area contributed by atoms with Crippen molar-refractivity contribution in [3.63, 3.8) is 0 Å². The Hall–Kier alpha value is -1.42. The number of methoxy groups -OCH3 is 2. The Morgan fingerprint density at radius 3 is 2.59 bits per heavy atom. The van der Waals surface area contributed by atoms with Crippen LogP contribution in [0.2, 0.25) is 0 Å². The molecule has 0 saturated heterocycles. The smallest absolute Gasteiger partial charge is 0.192 e. The van der Waals surface area contributed by atoms with Gasteiger partial charge in [0, 0.05) is 7.11 Å². The molecule has 17 heavy (non-hydrogen) atoms. The molecule has 3 nitrogen and oxygen atoms in total. The summed E-state index contributed by atoms with van der Waals surface area (Å²) in [5.74, 6) is -0.786. The molecule has 0 spiro atoms. The summed E-state index contributed by atoms with van der Waals surface area (Å²) in [6.45, 7) is 1.92. The largest absolute Gasteiger partial charge is 0.493 e. The van der Waals surface area contributed by atoms with Gasteiger partial charge in [-0.1, -0.05) is 13.3 Å². The maximum absolute atomic E-state index is 13.7. The molecular weight excluding hydrogens is 223 g/mol. The molecule has 0 aliphatic heterocycles. The number of hydrogen-bond acceptors (Lipinski definition) is 3. The van der Waals surface area contributed by atoms with E-state index >= 15 is 0 Å². The van der Waals surface area contributed by atoms with Gasteiger partial charge in [0.2, 0.25) is 0 Å². The van der Waals surface area contributed by atoms with E-state index in [0.717, 1.165) is 18.4 Å². The molecule has 0 amide bonds. The van der Waals surface area contributed by atoms with Crippen molar-refractivity contribution >= 4 is 5.78 Å². The van der Waals surface area contributed by atoms with Crippen LogP contribution in [0.25, 0.3) is 0 Å². The first-order chi connectivity index (χ1) is 8.13. The number of benzene rings is 1. The minimum atomic E-state index is -0.502. The SMILES string of the molecule is CCCc1cc(F)c(OC)c(C(=O)COC)c1. The lowest BCUT2D eigenvalue weighted by molar-refractivity contribution is 0.0844. The molecule has 0 radical (unpaired) electrons. The molecular formula is C13H17FO3. The highest BCUT2D eigenvalue weighted by Crippen LogP contribution is 2.25. The monoisotopic (exact) mass is 240 g/mol. The Kier molecular flexibility index (Phi) is 5.10. The van der Waals surface area contributed by atoms with E-state index in [1.807, 2.05) is 6.92 Å². The number of ether oxygens (including phenoxy) is 2. The lowest BCUT2D eigenvalue weighted by Gasteiger charge is -2.10. The third-order valence-corrected chi connectivity index (χ3v) is 2.42. The van der Waals surface area contributed by atoms with Gasteiger partial charge in [0.05, 0.1) is 12.7 Å². The average molecular weight is 240 g/mol. The Bertz CT molecular complexity index is 402. The fourth-order valence-corrected chi connectivity index (χ4v) is 1.71. The Morgan fingerprint density at radius 1 is 1.35 bits per heavy atom. The summed E-state index contributed by atoms with van der Waals surface area (Å²) in [6, 6.07) is 3.08. The van der Waals surface area contributed by atoms with Gasteiger partial charge in [0.25, 0.3) is 0 Å². The number of carbonyl (C=O) groups excluding carboxylic acids is 1. The third kappa shape index (κ3) is 3.27. The minimum absolute atomic E-state index is 0.00750. The second-order valence-electron chi connectivity index (χ2n) is 3.76. The number of aryl methyl sites for hydroxylation is 1. The van der Waals surface area contributed by atoms with Crippen LogP contribution in [0, 0.1) is 5.82 Å². The number of carbonyl (C=O) groups is 1. The zero-order valence-electron chi connectivity index (χ0n) is 10.4. The van der Waals surface area contributed by atoms with Gasteiger partial charge in [-0.2, -0.15) is 0 Å².